The molecule has 0 aliphatic heterocycles. The molecule has 6 heteroatoms. The van der Waals surface area contributed by atoms with Crippen molar-refractivity contribution in [2.75, 3.05) is 17.7 Å². The average Bonchev–Trinajstić information content (AvgIpc) is 2.19. The van der Waals surface area contributed by atoms with E-state index in [1.165, 1.54) is 6.92 Å². The number of carbonyl (C=O) groups excluding carboxylic acids is 1. The Bertz CT molecular complexity index is 448. The van der Waals surface area contributed by atoms with Crippen LogP contribution in [-0.2, 0) is 4.79 Å². The number of anilines is 2. The zero-order valence-corrected chi connectivity index (χ0v) is 12.6. The lowest BCUT2D eigenvalue weighted by atomic mass is 10.1. The number of amides is 1. The second kappa shape index (κ2) is 5.62. The van der Waals surface area contributed by atoms with E-state index in [0.717, 1.165) is 15.7 Å². The third-order valence-corrected chi connectivity index (χ3v) is 3.16. The maximum atomic E-state index is 11.0. The fraction of sp³-hybridized carbons (Fsp3) is 0.200. The van der Waals surface area contributed by atoms with Crippen molar-refractivity contribution in [3.63, 3.8) is 0 Å². The van der Waals surface area contributed by atoms with E-state index in [4.69, 9.17) is 5.41 Å². The van der Waals surface area contributed by atoms with Crippen molar-refractivity contribution >= 4 is 59.5 Å². The molecule has 0 saturated heterocycles. The van der Waals surface area contributed by atoms with Crippen LogP contribution in [0.15, 0.2) is 16.6 Å². The van der Waals surface area contributed by atoms with Crippen molar-refractivity contribution in [2.45, 2.75) is 6.92 Å². The van der Waals surface area contributed by atoms with E-state index in [2.05, 4.69) is 26.6 Å². The van der Waals surface area contributed by atoms with Crippen LogP contribution in [0.1, 0.15) is 12.5 Å². The van der Waals surface area contributed by atoms with E-state index in [9.17, 15) is 4.79 Å². The summed E-state index contributed by atoms with van der Waals surface area (Å²) in [6.07, 6.45) is 0. The van der Waals surface area contributed by atoms with Gasteiger partial charge in [0.1, 0.15) is 3.72 Å². The fourth-order valence-electron chi connectivity index (χ4n) is 1.25. The van der Waals surface area contributed by atoms with Gasteiger partial charge in [0, 0.05) is 29.7 Å². The van der Waals surface area contributed by atoms with Gasteiger partial charge >= 0.3 is 0 Å². The zero-order valence-electron chi connectivity index (χ0n) is 8.82. The van der Waals surface area contributed by atoms with Crippen LogP contribution in [0.3, 0.4) is 0 Å². The second-order valence-electron chi connectivity index (χ2n) is 3.12. The highest BCUT2D eigenvalue weighted by Crippen LogP contribution is 2.30. The van der Waals surface area contributed by atoms with E-state index < -0.39 is 0 Å². The quantitative estimate of drug-likeness (QED) is 0.543. The number of hydrogen-bond donors (Lipinski definition) is 3. The maximum Gasteiger partial charge on any atom is 0.221 e. The highest BCUT2D eigenvalue weighted by Gasteiger charge is 2.10. The van der Waals surface area contributed by atoms with Gasteiger partial charge in [-0.25, -0.2) is 0 Å². The summed E-state index contributed by atoms with van der Waals surface area (Å²) in [4.78, 5) is 11.0. The molecule has 1 rings (SSSR count). The van der Waals surface area contributed by atoms with Gasteiger partial charge in [0.25, 0.3) is 0 Å². The van der Waals surface area contributed by atoms with Gasteiger partial charge < -0.3 is 10.6 Å². The van der Waals surface area contributed by atoms with Gasteiger partial charge in [0.05, 0.1) is 5.69 Å². The predicted octanol–water partition coefficient (Wildman–Crippen LogP) is 3.21. The number of rotatable bonds is 3. The van der Waals surface area contributed by atoms with Crippen LogP contribution in [-0.4, -0.2) is 16.7 Å². The topological polar surface area (TPSA) is 65.0 Å². The summed E-state index contributed by atoms with van der Waals surface area (Å²) >= 11 is 5.31. The number of benzene rings is 1. The number of halogens is 2. The van der Waals surface area contributed by atoms with Crippen molar-refractivity contribution in [1.29, 1.82) is 5.41 Å². The third-order valence-electron chi connectivity index (χ3n) is 1.92. The predicted molar refractivity (Wildman–Crippen MR) is 78.8 cm³/mol. The molecule has 0 unspecified atom stereocenters. The molecule has 0 saturated carbocycles. The third kappa shape index (κ3) is 3.18. The van der Waals surface area contributed by atoms with E-state index >= 15 is 0 Å². The van der Waals surface area contributed by atoms with E-state index in [1.54, 1.807) is 13.1 Å². The molecule has 0 fully saturated rings. The molecule has 0 heterocycles. The highest BCUT2D eigenvalue weighted by atomic mass is 127. The Morgan fingerprint density at radius 3 is 2.50 bits per heavy atom. The molecular formula is C10H11BrIN3O. The van der Waals surface area contributed by atoms with Crippen LogP contribution < -0.4 is 10.6 Å². The summed E-state index contributed by atoms with van der Waals surface area (Å²) in [5.41, 5.74) is 2.30. The molecule has 0 bridgehead atoms. The molecule has 0 aromatic heterocycles. The van der Waals surface area contributed by atoms with Crippen molar-refractivity contribution in [2.24, 2.45) is 0 Å². The number of carbonyl (C=O) groups is 1. The Labute approximate surface area is 116 Å². The Morgan fingerprint density at radius 1 is 1.44 bits per heavy atom. The van der Waals surface area contributed by atoms with Crippen LogP contribution in [0.2, 0.25) is 0 Å². The molecule has 1 amide bonds. The minimum absolute atomic E-state index is 0.125. The van der Waals surface area contributed by atoms with Gasteiger partial charge in [-0.2, -0.15) is 0 Å². The van der Waals surface area contributed by atoms with E-state index in [-0.39, 0.29) is 5.91 Å². The van der Waals surface area contributed by atoms with E-state index in [1.807, 2.05) is 28.7 Å². The molecule has 0 aliphatic rings. The summed E-state index contributed by atoms with van der Waals surface area (Å²) in [5.74, 6) is -0.125. The molecule has 86 valence electrons. The van der Waals surface area contributed by atoms with Crippen molar-refractivity contribution in [3.05, 3.63) is 22.2 Å². The molecule has 4 nitrogen and oxygen atoms in total. The minimum atomic E-state index is -0.125. The van der Waals surface area contributed by atoms with Crippen LogP contribution in [0.25, 0.3) is 0 Å². The lowest BCUT2D eigenvalue weighted by Crippen LogP contribution is -2.08. The highest BCUT2D eigenvalue weighted by molar-refractivity contribution is 14.1. The average molecular weight is 396 g/mol. The van der Waals surface area contributed by atoms with Gasteiger partial charge in [-0.15, -0.1) is 0 Å². The summed E-state index contributed by atoms with van der Waals surface area (Å²) in [5, 5.41) is 13.3. The second-order valence-corrected chi connectivity index (χ2v) is 5.06. The van der Waals surface area contributed by atoms with Gasteiger partial charge in [-0.3, -0.25) is 10.2 Å². The zero-order chi connectivity index (χ0) is 12.3. The summed E-state index contributed by atoms with van der Waals surface area (Å²) in [7, 11) is 1.78. The smallest absolute Gasteiger partial charge is 0.221 e. The monoisotopic (exact) mass is 395 g/mol. The standard InChI is InChI=1S/C10H11BrIN3O/c1-5(16)15-9-4-8(14-2)6(10(12)13)3-7(9)11/h3-4,13-14H,1-2H3,(H,15,16). The lowest BCUT2D eigenvalue weighted by Gasteiger charge is -2.12. The molecular weight excluding hydrogens is 385 g/mol. The first-order valence-corrected chi connectivity index (χ1v) is 6.36. The van der Waals surface area contributed by atoms with Crippen LogP contribution in [0.5, 0.6) is 0 Å². The first-order valence-electron chi connectivity index (χ1n) is 4.49. The number of nitrogens with one attached hydrogen (secondary N) is 3. The summed E-state index contributed by atoms with van der Waals surface area (Å²) < 4.78 is 1.20. The SMILES string of the molecule is CNc1cc(NC(C)=O)c(Br)cc1C(=N)I. The number of hydrogen-bond acceptors (Lipinski definition) is 3. The minimum Gasteiger partial charge on any atom is -0.387 e. The molecule has 0 atom stereocenters. The van der Waals surface area contributed by atoms with Crippen LogP contribution in [0, 0.1) is 5.41 Å². The molecule has 1 aromatic rings. The van der Waals surface area contributed by atoms with Gasteiger partial charge in [-0.1, -0.05) is 0 Å². The Kier molecular flexibility index (Phi) is 4.72. The Hall–Kier alpha value is -0.630. The summed E-state index contributed by atoms with van der Waals surface area (Å²) in [6, 6.07) is 3.61. The first-order chi connectivity index (χ1) is 7.45. The van der Waals surface area contributed by atoms with Crippen LogP contribution >= 0.6 is 38.5 Å². The fourth-order valence-corrected chi connectivity index (χ4v) is 2.14. The molecule has 0 radical (unpaired) electrons. The van der Waals surface area contributed by atoms with Crippen LogP contribution in [0.4, 0.5) is 11.4 Å². The summed E-state index contributed by atoms with van der Waals surface area (Å²) in [6.45, 7) is 1.46. The molecule has 16 heavy (non-hydrogen) atoms. The van der Waals surface area contributed by atoms with Crippen molar-refractivity contribution in [3.8, 4) is 0 Å². The molecule has 1 aromatic carbocycles. The molecule has 0 aliphatic carbocycles. The largest absolute Gasteiger partial charge is 0.387 e. The normalized spacial score (nSPS) is 9.75. The Morgan fingerprint density at radius 2 is 2.06 bits per heavy atom. The van der Waals surface area contributed by atoms with Gasteiger partial charge in [0.15, 0.2) is 0 Å². The van der Waals surface area contributed by atoms with Crippen molar-refractivity contribution < 1.29 is 4.79 Å². The first kappa shape index (κ1) is 13.4. The van der Waals surface area contributed by atoms with Crippen molar-refractivity contribution in [1.82, 2.24) is 0 Å². The molecule has 0 spiro atoms. The van der Waals surface area contributed by atoms with Gasteiger partial charge in [-0.05, 0) is 50.7 Å². The molecule has 3 N–H and O–H groups in total. The van der Waals surface area contributed by atoms with E-state index in [0.29, 0.717) is 9.41 Å². The maximum absolute atomic E-state index is 11.0. The van der Waals surface area contributed by atoms with Gasteiger partial charge in [0.2, 0.25) is 5.91 Å². The lowest BCUT2D eigenvalue weighted by molar-refractivity contribution is -0.114. The Balaban J connectivity index is 3.25.